The van der Waals surface area contributed by atoms with Gasteiger partial charge in [0.05, 0.1) is 6.42 Å². The van der Waals surface area contributed by atoms with Crippen LogP contribution in [0.5, 0.6) is 0 Å². The molecule has 1 amide bonds. The number of rotatable bonds is 7. The topological polar surface area (TPSA) is 116 Å². The highest BCUT2D eigenvalue weighted by Crippen LogP contribution is 2.14. The molecule has 0 aliphatic heterocycles. The van der Waals surface area contributed by atoms with E-state index in [0.29, 0.717) is 0 Å². The van der Waals surface area contributed by atoms with Gasteiger partial charge in [0.2, 0.25) is 10.0 Å². The number of primary amides is 1. The van der Waals surface area contributed by atoms with Gasteiger partial charge in [-0.15, -0.1) is 11.3 Å². The van der Waals surface area contributed by atoms with Crippen LogP contribution in [0.3, 0.4) is 0 Å². The van der Waals surface area contributed by atoms with Crippen LogP contribution in [0.4, 0.5) is 0 Å². The van der Waals surface area contributed by atoms with E-state index in [9.17, 15) is 18.0 Å². The van der Waals surface area contributed by atoms with Gasteiger partial charge in [-0.2, -0.15) is 0 Å². The smallest absolute Gasteiger partial charge is 0.307 e. The fraction of sp³-hybridized carbons (Fsp3) is 0.400. The first kappa shape index (κ1) is 15.6. The molecular formula is C10H14N2O5S2. The Balaban J connectivity index is 2.39. The molecule has 9 heteroatoms. The number of nitrogens with one attached hydrogen (secondary N) is 1. The summed E-state index contributed by atoms with van der Waals surface area (Å²) >= 11 is 1.08. The Kier molecular flexibility index (Phi) is 5.45. The lowest BCUT2D eigenvalue weighted by molar-refractivity contribution is -0.153. The Bertz CT molecular complexity index is 538. The molecule has 0 aliphatic rings. The number of amides is 1. The molecule has 1 atom stereocenters. The fourth-order valence-electron chi connectivity index (χ4n) is 1.09. The first-order chi connectivity index (χ1) is 8.83. The van der Waals surface area contributed by atoms with E-state index in [4.69, 9.17) is 5.73 Å². The quantitative estimate of drug-likeness (QED) is 0.679. The number of esters is 1. The van der Waals surface area contributed by atoms with Crippen LogP contribution in [0.1, 0.15) is 13.3 Å². The first-order valence-corrected chi connectivity index (χ1v) is 7.71. The van der Waals surface area contributed by atoms with Crippen LogP contribution < -0.4 is 10.5 Å². The Morgan fingerprint density at radius 3 is 2.74 bits per heavy atom. The van der Waals surface area contributed by atoms with Gasteiger partial charge in [0.1, 0.15) is 4.21 Å². The molecule has 1 aromatic rings. The van der Waals surface area contributed by atoms with Crippen molar-refractivity contribution >= 4 is 33.2 Å². The summed E-state index contributed by atoms with van der Waals surface area (Å²) in [6.45, 7) is 1.24. The number of carbonyl (C=O) groups excluding carboxylic acids is 2. The largest absolute Gasteiger partial charge is 0.453 e. The van der Waals surface area contributed by atoms with E-state index < -0.39 is 28.0 Å². The molecule has 0 saturated carbocycles. The maximum atomic E-state index is 11.7. The fourth-order valence-corrected chi connectivity index (χ4v) is 3.16. The molecule has 0 aromatic carbocycles. The molecule has 1 rings (SSSR count). The molecule has 0 radical (unpaired) electrons. The minimum Gasteiger partial charge on any atom is -0.453 e. The van der Waals surface area contributed by atoms with Gasteiger partial charge in [-0.25, -0.2) is 13.1 Å². The number of hydrogen-bond acceptors (Lipinski definition) is 6. The van der Waals surface area contributed by atoms with E-state index in [2.05, 4.69) is 9.46 Å². The first-order valence-electron chi connectivity index (χ1n) is 5.35. The summed E-state index contributed by atoms with van der Waals surface area (Å²) in [5.41, 5.74) is 4.92. The van der Waals surface area contributed by atoms with Gasteiger partial charge in [0.15, 0.2) is 6.10 Å². The molecule has 1 heterocycles. The van der Waals surface area contributed by atoms with Gasteiger partial charge in [-0.1, -0.05) is 6.07 Å². The molecule has 0 fully saturated rings. The van der Waals surface area contributed by atoms with Gasteiger partial charge >= 0.3 is 5.97 Å². The summed E-state index contributed by atoms with van der Waals surface area (Å²) in [7, 11) is -3.59. The van der Waals surface area contributed by atoms with Gasteiger partial charge < -0.3 is 10.5 Å². The lowest BCUT2D eigenvalue weighted by Gasteiger charge is -2.09. The lowest BCUT2D eigenvalue weighted by atomic mass is 10.4. The number of carbonyl (C=O) groups is 2. The van der Waals surface area contributed by atoms with Crippen molar-refractivity contribution in [2.24, 2.45) is 5.73 Å². The normalized spacial score (nSPS) is 12.9. The Morgan fingerprint density at radius 2 is 2.21 bits per heavy atom. The number of thiophene rings is 1. The lowest BCUT2D eigenvalue weighted by Crippen LogP contribution is -2.32. The summed E-state index contributed by atoms with van der Waals surface area (Å²) < 4.78 is 30.5. The Morgan fingerprint density at radius 1 is 1.53 bits per heavy atom. The van der Waals surface area contributed by atoms with Crippen LogP contribution in [0.25, 0.3) is 0 Å². The SMILES string of the molecule is C[C@H](OC(=O)CCNS(=O)(=O)c1cccs1)C(N)=O. The molecule has 0 spiro atoms. The van der Waals surface area contributed by atoms with Crippen molar-refractivity contribution in [3.63, 3.8) is 0 Å². The van der Waals surface area contributed by atoms with Crippen LogP contribution in [0, 0.1) is 0 Å². The standard InChI is InChI=1S/C10H14N2O5S2/c1-7(10(11)14)17-8(13)4-5-12-19(15,16)9-3-2-6-18-9/h2-3,6-7,12H,4-5H2,1H3,(H2,11,14)/t7-/m0/s1. The zero-order valence-corrected chi connectivity index (χ0v) is 11.8. The third-order valence-electron chi connectivity index (χ3n) is 2.09. The van der Waals surface area contributed by atoms with Gasteiger partial charge in [-0.3, -0.25) is 9.59 Å². The van der Waals surface area contributed by atoms with Crippen molar-refractivity contribution in [3.8, 4) is 0 Å². The molecule has 0 aliphatic carbocycles. The van der Waals surface area contributed by atoms with Crippen LogP contribution in [-0.4, -0.2) is 32.9 Å². The van der Waals surface area contributed by atoms with E-state index in [0.717, 1.165) is 11.3 Å². The van der Waals surface area contributed by atoms with Crippen molar-refractivity contribution in [2.45, 2.75) is 23.7 Å². The molecule has 19 heavy (non-hydrogen) atoms. The number of sulfonamides is 1. The van der Waals surface area contributed by atoms with Gasteiger partial charge in [0.25, 0.3) is 5.91 Å². The maximum absolute atomic E-state index is 11.7. The molecule has 7 nitrogen and oxygen atoms in total. The number of hydrogen-bond donors (Lipinski definition) is 2. The summed E-state index contributed by atoms with van der Waals surface area (Å²) in [6.07, 6.45) is -1.20. The second-order valence-corrected chi connectivity index (χ2v) is 6.56. The molecule has 3 N–H and O–H groups in total. The maximum Gasteiger partial charge on any atom is 0.307 e. The minimum absolute atomic E-state index is 0.107. The third-order valence-corrected chi connectivity index (χ3v) is 4.95. The van der Waals surface area contributed by atoms with Crippen molar-refractivity contribution in [2.75, 3.05) is 6.54 Å². The predicted octanol–water partition coefficient (Wildman–Crippen LogP) is -0.167. The third kappa shape index (κ3) is 4.97. The molecule has 106 valence electrons. The van der Waals surface area contributed by atoms with Gasteiger partial charge in [0, 0.05) is 6.54 Å². The second kappa shape index (κ2) is 6.64. The molecule has 1 aromatic heterocycles. The number of ether oxygens (including phenoxy) is 1. The highest BCUT2D eigenvalue weighted by Gasteiger charge is 2.17. The second-order valence-electron chi connectivity index (χ2n) is 3.61. The molecule has 0 unspecified atom stereocenters. The van der Waals surface area contributed by atoms with Crippen molar-refractivity contribution in [1.82, 2.24) is 4.72 Å². The molecule has 0 bridgehead atoms. The van der Waals surface area contributed by atoms with E-state index in [-0.39, 0.29) is 17.2 Å². The average molecular weight is 306 g/mol. The van der Waals surface area contributed by atoms with Crippen molar-refractivity contribution < 1.29 is 22.7 Å². The van der Waals surface area contributed by atoms with Crippen molar-refractivity contribution in [3.05, 3.63) is 17.5 Å². The van der Waals surface area contributed by atoms with E-state index in [1.165, 1.54) is 13.0 Å². The highest BCUT2D eigenvalue weighted by atomic mass is 32.2. The zero-order chi connectivity index (χ0) is 14.5. The highest BCUT2D eigenvalue weighted by molar-refractivity contribution is 7.91. The van der Waals surface area contributed by atoms with Gasteiger partial charge in [-0.05, 0) is 18.4 Å². The summed E-state index contributed by atoms with van der Waals surface area (Å²) in [5, 5.41) is 1.64. The Hall–Kier alpha value is -1.45. The van der Waals surface area contributed by atoms with Crippen LogP contribution in [0.15, 0.2) is 21.7 Å². The van der Waals surface area contributed by atoms with Crippen LogP contribution in [-0.2, 0) is 24.3 Å². The zero-order valence-electron chi connectivity index (χ0n) is 10.2. The van der Waals surface area contributed by atoms with Crippen molar-refractivity contribution in [1.29, 1.82) is 0 Å². The van der Waals surface area contributed by atoms with E-state index in [1.54, 1.807) is 11.4 Å². The predicted molar refractivity (Wildman–Crippen MR) is 68.9 cm³/mol. The number of nitrogens with two attached hydrogens (primary N) is 1. The summed E-state index contributed by atoms with van der Waals surface area (Å²) in [6, 6.07) is 3.07. The Labute approximate surface area is 114 Å². The average Bonchev–Trinajstić information content (AvgIpc) is 2.82. The summed E-state index contributed by atoms with van der Waals surface area (Å²) in [4.78, 5) is 21.9. The van der Waals surface area contributed by atoms with Crippen LogP contribution >= 0.6 is 11.3 Å². The molecule has 0 saturated heterocycles. The van der Waals surface area contributed by atoms with E-state index in [1.807, 2.05) is 0 Å². The molecular weight excluding hydrogens is 292 g/mol. The van der Waals surface area contributed by atoms with E-state index >= 15 is 0 Å². The monoisotopic (exact) mass is 306 g/mol. The van der Waals surface area contributed by atoms with Crippen LogP contribution in [0.2, 0.25) is 0 Å². The minimum atomic E-state index is -3.59. The summed E-state index contributed by atoms with van der Waals surface area (Å²) in [5.74, 6) is -1.45.